The number of nitrogens with zero attached hydrogens (tertiary/aromatic N) is 1. The summed E-state index contributed by atoms with van der Waals surface area (Å²) in [4.78, 5) is 25.6. The second-order valence-electron chi connectivity index (χ2n) is 5.88. The number of hydrogen-bond donors (Lipinski definition) is 2. The number of likely N-dealkylation sites (N-methyl/N-ethyl adjacent to an activating group) is 1. The van der Waals surface area contributed by atoms with Crippen LogP contribution < -0.4 is 11.1 Å². The molecule has 0 aromatic carbocycles. The molecule has 0 aromatic rings. The molecule has 0 fully saturated rings. The van der Waals surface area contributed by atoms with Crippen LogP contribution in [0.1, 0.15) is 53.9 Å². The fourth-order valence-corrected chi connectivity index (χ4v) is 2.07. The zero-order valence-corrected chi connectivity index (χ0v) is 13.6. The van der Waals surface area contributed by atoms with Gasteiger partial charge in [0.25, 0.3) is 0 Å². The highest BCUT2D eigenvalue weighted by Gasteiger charge is 2.21. The monoisotopic (exact) mass is 285 g/mol. The Morgan fingerprint density at radius 3 is 2.20 bits per heavy atom. The van der Waals surface area contributed by atoms with Gasteiger partial charge in [0, 0.05) is 24.5 Å². The van der Waals surface area contributed by atoms with Crippen LogP contribution in [0.5, 0.6) is 0 Å². The van der Waals surface area contributed by atoms with Crippen molar-refractivity contribution in [3.05, 3.63) is 0 Å². The largest absolute Gasteiger partial charge is 0.352 e. The van der Waals surface area contributed by atoms with E-state index in [1.165, 1.54) is 0 Å². The van der Waals surface area contributed by atoms with Crippen molar-refractivity contribution in [1.82, 2.24) is 10.2 Å². The fourth-order valence-electron chi connectivity index (χ4n) is 2.07. The molecule has 0 saturated carbocycles. The summed E-state index contributed by atoms with van der Waals surface area (Å²) < 4.78 is 0. The van der Waals surface area contributed by atoms with E-state index < -0.39 is 0 Å². The second-order valence-corrected chi connectivity index (χ2v) is 5.88. The van der Waals surface area contributed by atoms with Gasteiger partial charge in [-0.05, 0) is 40.5 Å². The Kier molecular flexibility index (Phi) is 9.21. The first kappa shape index (κ1) is 18.9. The summed E-state index contributed by atoms with van der Waals surface area (Å²) in [7, 11) is 0. The van der Waals surface area contributed by atoms with Gasteiger partial charge in [0.15, 0.2) is 0 Å². The SMILES string of the molecule is CCN(CC(=O)NC(C)C)C(=O)C(C)CCCC(C)N. The molecule has 0 aromatic heterocycles. The Morgan fingerprint density at radius 1 is 1.15 bits per heavy atom. The van der Waals surface area contributed by atoms with Gasteiger partial charge in [-0.3, -0.25) is 9.59 Å². The molecule has 0 aliphatic carbocycles. The number of nitrogens with one attached hydrogen (secondary N) is 1. The molecular formula is C15H31N3O2. The van der Waals surface area contributed by atoms with Crippen molar-refractivity contribution < 1.29 is 9.59 Å². The first-order valence-electron chi connectivity index (χ1n) is 7.61. The van der Waals surface area contributed by atoms with Gasteiger partial charge in [-0.2, -0.15) is 0 Å². The van der Waals surface area contributed by atoms with Gasteiger partial charge in [0.2, 0.25) is 11.8 Å². The third-order valence-electron chi connectivity index (χ3n) is 3.20. The van der Waals surface area contributed by atoms with Gasteiger partial charge in [-0.25, -0.2) is 0 Å². The van der Waals surface area contributed by atoms with Crippen LogP contribution in [-0.4, -0.2) is 41.9 Å². The summed E-state index contributed by atoms with van der Waals surface area (Å²) in [5.74, 6) is -0.102. The summed E-state index contributed by atoms with van der Waals surface area (Å²) in [5, 5.41) is 2.81. The van der Waals surface area contributed by atoms with Crippen LogP contribution in [0.25, 0.3) is 0 Å². The number of amides is 2. The summed E-state index contributed by atoms with van der Waals surface area (Å²) in [5.41, 5.74) is 5.70. The molecule has 2 unspecified atom stereocenters. The van der Waals surface area contributed by atoms with Crippen molar-refractivity contribution in [1.29, 1.82) is 0 Å². The number of nitrogens with two attached hydrogens (primary N) is 1. The molecule has 0 aliphatic heterocycles. The Hall–Kier alpha value is -1.10. The molecule has 0 bridgehead atoms. The summed E-state index contributed by atoms with van der Waals surface area (Å²) in [6.07, 6.45) is 2.70. The third-order valence-corrected chi connectivity index (χ3v) is 3.20. The van der Waals surface area contributed by atoms with Gasteiger partial charge in [0.1, 0.15) is 0 Å². The third kappa shape index (κ3) is 8.15. The Balaban J connectivity index is 4.27. The minimum Gasteiger partial charge on any atom is -0.352 e. The zero-order valence-electron chi connectivity index (χ0n) is 13.6. The average molecular weight is 285 g/mol. The maximum Gasteiger partial charge on any atom is 0.239 e. The molecular weight excluding hydrogens is 254 g/mol. The van der Waals surface area contributed by atoms with Crippen LogP contribution in [-0.2, 0) is 9.59 Å². The van der Waals surface area contributed by atoms with Crippen LogP contribution in [0.15, 0.2) is 0 Å². The Labute approximate surface area is 123 Å². The van der Waals surface area contributed by atoms with Crippen molar-refractivity contribution in [2.75, 3.05) is 13.1 Å². The van der Waals surface area contributed by atoms with Crippen LogP contribution in [0.4, 0.5) is 0 Å². The normalized spacial score (nSPS) is 13.9. The van der Waals surface area contributed by atoms with E-state index in [4.69, 9.17) is 5.73 Å². The molecule has 3 N–H and O–H groups in total. The average Bonchev–Trinajstić information content (AvgIpc) is 2.33. The standard InChI is InChI=1S/C15H31N3O2/c1-6-18(10-14(19)17-11(2)3)15(20)12(4)8-7-9-13(5)16/h11-13H,6-10,16H2,1-5H3,(H,17,19). The van der Waals surface area contributed by atoms with Gasteiger partial charge in [-0.15, -0.1) is 0 Å². The lowest BCUT2D eigenvalue weighted by atomic mass is 10.0. The second kappa shape index (κ2) is 9.75. The van der Waals surface area contributed by atoms with Gasteiger partial charge >= 0.3 is 0 Å². The summed E-state index contributed by atoms with van der Waals surface area (Å²) in [6.45, 7) is 10.3. The van der Waals surface area contributed by atoms with E-state index in [0.717, 1.165) is 19.3 Å². The maximum atomic E-state index is 12.3. The molecule has 5 nitrogen and oxygen atoms in total. The van der Waals surface area contributed by atoms with Crippen molar-refractivity contribution in [3.8, 4) is 0 Å². The zero-order chi connectivity index (χ0) is 15.7. The molecule has 20 heavy (non-hydrogen) atoms. The molecule has 5 heteroatoms. The van der Waals surface area contributed by atoms with Crippen molar-refractivity contribution in [2.45, 2.75) is 66.0 Å². The predicted octanol–water partition coefficient (Wildman–Crippen LogP) is 1.51. The Bertz CT molecular complexity index is 303. The van der Waals surface area contributed by atoms with E-state index >= 15 is 0 Å². The summed E-state index contributed by atoms with van der Waals surface area (Å²) in [6, 6.07) is 0.274. The lowest BCUT2D eigenvalue weighted by molar-refractivity contribution is -0.139. The fraction of sp³-hybridized carbons (Fsp3) is 0.867. The Morgan fingerprint density at radius 2 is 1.75 bits per heavy atom. The number of rotatable bonds is 9. The highest BCUT2D eigenvalue weighted by Crippen LogP contribution is 2.12. The van der Waals surface area contributed by atoms with E-state index in [9.17, 15) is 9.59 Å². The summed E-state index contributed by atoms with van der Waals surface area (Å²) >= 11 is 0. The van der Waals surface area contributed by atoms with Crippen molar-refractivity contribution >= 4 is 11.8 Å². The smallest absolute Gasteiger partial charge is 0.239 e. The van der Waals surface area contributed by atoms with Gasteiger partial charge in [0.05, 0.1) is 6.54 Å². The highest BCUT2D eigenvalue weighted by molar-refractivity contribution is 5.85. The van der Waals surface area contributed by atoms with Crippen LogP contribution in [0.2, 0.25) is 0 Å². The molecule has 118 valence electrons. The van der Waals surface area contributed by atoms with E-state index in [1.54, 1.807) is 4.90 Å². The molecule has 0 heterocycles. The maximum absolute atomic E-state index is 12.3. The predicted molar refractivity (Wildman–Crippen MR) is 82.2 cm³/mol. The van der Waals surface area contributed by atoms with Crippen LogP contribution in [0.3, 0.4) is 0 Å². The van der Waals surface area contributed by atoms with E-state index in [-0.39, 0.29) is 36.4 Å². The number of carbonyl (C=O) groups is 2. The molecule has 2 amide bonds. The van der Waals surface area contributed by atoms with E-state index in [0.29, 0.717) is 6.54 Å². The number of carbonyl (C=O) groups excluding carboxylic acids is 2. The van der Waals surface area contributed by atoms with Crippen LogP contribution in [0, 0.1) is 5.92 Å². The van der Waals surface area contributed by atoms with Gasteiger partial charge < -0.3 is 16.0 Å². The van der Waals surface area contributed by atoms with Crippen molar-refractivity contribution in [3.63, 3.8) is 0 Å². The molecule has 0 spiro atoms. The topological polar surface area (TPSA) is 75.4 Å². The molecule has 2 atom stereocenters. The first-order valence-corrected chi connectivity index (χ1v) is 7.61. The quantitative estimate of drug-likeness (QED) is 0.674. The van der Waals surface area contributed by atoms with Crippen molar-refractivity contribution in [2.24, 2.45) is 11.7 Å². The molecule has 0 saturated heterocycles. The number of hydrogen-bond acceptors (Lipinski definition) is 3. The minimum absolute atomic E-state index is 0.0519. The van der Waals surface area contributed by atoms with Gasteiger partial charge in [-0.1, -0.05) is 13.3 Å². The highest BCUT2D eigenvalue weighted by atomic mass is 16.2. The first-order chi connectivity index (χ1) is 9.27. The minimum atomic E-state index is -0.0991. The molecule has 0 radical (unpaired) electrons. The lowest BCUT2D eigenvalue weighted by Crippen LogP contribution is -2.44. The lowest BCUT2D eigenvalue weighted by Gasteiger charge is -2.24. The van der Waals surface area contributed by atoms with Crippen LogP contribution >= 0.6 is 0 Å². The van der Waals surface area contributed by atoms with E-state index in [2.05, 4.69) is 5.32 Å². The van der Waals surface area contributed by atoms with E-state index in [1.807, 2.05) is 34.6 Å². The molecule has 0 rings (SSSR count). The molecule has 0 aliphatic rings.